The van der Waals surface area contributed by atoms with Gasteiger partial charge in [-0.25, -0.2) is 0 Å². The van der Waals surface area contributed by atoms with E-state index in [0.717, 1.165) is 5.92 Å². The summed E-state index contributed by atoms with van der Waals surface area (Å²) in [5.41, 5.74) is 1.38. The summed E-state index contributed by atoms with van der Waals surface area (Å²) < 4.78 is 0. The summed E-state index contributed by atoms with van der Waals surface area (Å²) >= 11 is 4.07. The first-order valence-electron chi connectivity index (χ1n) is 4.00. The topological polar surface area (TPSA) is 0 Å². The van der Waals surface area contributed by atoms with Crippen LogP contribution in [0.3, 0.4) is 0 Å². The zero-order valence-corrected chi connectivity index (χ0v) is 8.82. The van der Waals surface area contributed by atoms with Gasteiger partial charge >= 0.3 is 0 Å². The van der Waals surface area contributed by atoms with Crippen LogP contribution in [0, 0.1) is 5.92 Å². The van der Waals surface area contributed by atoms with Crippen LogP contribution in [0.2, 0.25) is 0 Å². The van der Waals surface area contributed by atoms with Gasteiger partial charge in [-0.1, -0.05) is 25.8 Å². The number of hydrogen-bond acceptors (Lipinski definition) is 1. The molecule has 0 aromatic rings. The van der Waals surface area contributed by atoms with E-state index in [-0.39, 0.29) is 0 Å². The van der Waals surface area contributed by atoms with E-state index in [4.69, 9.17) is 0 Å². The van der Waals surface area contributed by atoms with E-state index in [0.29, 0.717) is 0 Å². The molecule has 0 heterocycles. The third-order valence-corrected chi connectivity index (χ3v) is 2.03. The van der Waals surface area contributed by atoms with Gasteiger partial charge in [-0.05, 0) is 24.7 Å². The van der Waals surface area contributed by atoms with Crippen molar-refractivity contribution in [1.82, 2.24) is 0 Å². The third kappa shape index (κ3) is 9.83. The van der Waals surface area contributed by atoms with Crippen molar-refractivity contribution in [2.24, 2.45) is 5.92 Å². The number of thiol groups is 1. The molecule has 0 bridgehead atoms. The van der Waals surface area contributed by atoms with Crippen molar-refractivity contribution in [1.29, 1.82) is 0 Å². The molecule has 0 spiro atoms. The van der Waals surface area contributed by atoms with Crippen LogP contribution in [-0.4, -0.2) is 0 Å². The summed E-state index contributed by atoms with van der Waals surface area (Å²) in [7, 11) is 0. The summed E-state index contributed by atoms with van der Waals surface area (Å²) in [6.45, 7) is 12.6. The van der Waals surface area contributed by atoms with Gasteiger partial charge in [0, 0.05) is 0 Å². The molecule has 66 valence electrons. The highest BCUT2D eigenvalue weighted by atomic mass is 32.1. The Morgan fingerprint density at radius 2 is 2.00 bits per heavy atom. The summed E-state index contributed by atoms with van der Waals surface area (Å²) in [4.78, 5) is 0. The molecule has 1 unspecified atom stereocenters. The second-order valence-electron chi connectivity index (χ2n) is 2.69. The van der Waals surface area contributed by atoms with Crippen LogP contribution in [0.25, 0.3) is 0 Å². The van der Waals surface area contributed by atoms with Gasteiger partial charge in [0.1, 0.15) is 0 Å². The van der Waals surface area contributed by atoms with Gasteiger partial charge in [0.15, 0.2) is 0 Å². The fraction of sp³-hybridized carbons (Fsp3) is 0.600. The van der Waals surface area contributed by atoms with Crippen LogP contribution >= 0.6 is 12.6 Å². The second kappa shape index (κ2) is 9.83. The molecule has 0 rings (SSSR count). The van der Waals surface area contributed by atoms with E-state index in [9.17, 15) is 0 Å². The highest BCUT2D eigenvalue weighted by molar-refractivity contribution is 7.83. The quantitative estimate of drug-likeness (QED) is 0.482. The first kappa shape index (κ1) is 13.4. The van der Waals surface area contributed by atoms with Crippen molar-refractivity contribution in [2.45, 2.75) is 33.6 Å². The lowest BCUT2D eigenvalue weighted by Gasteiger charge is -2.06. The maximum Gasteiger partial charge on any atom is -0.0289 e. The smallest absolute Gasteiger partial charge is 0.0289 e. The molecule has 1 atom stereocenters. The van der Waals surface area contributed by atoms with Crippen molar-refractivity contribution in [2.75, 3.05) is 0 Å². The summed E-state index contributed by atoms with van der Waals surface area (Å²) in [6.07, 6.45) is 2.46. The Bertz CT molecular complexity index is 105. The average molecular weight is 172 g/mol. The molecule has 0 saturated heterocycles. The number of allylic oxidation sites excluding steroid dienone is 1. The summed E-state index contributed by atoms with van der Waals surface area (Å²) in [5.74, 6) is 0.813. The van der Waals surface area contributed by atoms with Gasteiger partial charge in [-0.15, -0.1) is 13.2 Å². The van der Waals surface area contributed by atoms with E-state index in [1.165, 1.54) is 18.4 Å². The second-order valence-corrected chi connectivity index (χ2v) is 2.95. The van der Waals surface area contributed by atoms with Crippen LogP contribution in [0.5, 0.6) is 0 Å². The molecule has 0 saturated carbocycles. The van der Waals surface area contributed by atoms with Crippen LogP contribution in [0.15, 0.2) is 24.1 Å². The van der Waals surface area contributed by atoms with Crippen molar-refractivity contribution in [3.05, 3.63) is 24.1 Å². The molecule has 0 radical (unpaired) electrons. The first-order chi connectivity index (χ1) is 5.20. The van der Waals surface area contributed by atoms with Gasteiger partial charge < -0.3 is 0 Å². The van der Waals surface area contributed by atoms with E-state index >= 15 is 0 Å². The van der Waals surface area contributed by atoms with Gasteiger partial charge in [-0.3, -0.25) is 0 Å². The minimum Gasteiger partial charge on any atom is -0.151 e. The largest absolute Gasteiger partial charge is 0.151 e. The molecule has 0 aliphatic heterocycles. The highest BCUT2D eigenvalue weighted by Gasteiger charge is 1.97. The van der Waals surface area contributed by atoms with Crippen molar-refractivity contribution in [3.63, 3.8) is 0 Å². The molecular formula is C10H20S. The predicted octanol–water partition coefficient (Wildman–Crippen LogP) is 4.06. The molecule has 0 fully saturated rings. The molecule has 0 aliphatic carbocycles. The van der Waals surface area contributed by atoms with E-state index in [1.54, 1.807) is 0 Å². The molecule has 11 heavy (non-hydrogen) atoms. The Morgan fingerprint density at radius 1 is 1.55 bits per heavy atom. The maximum absolute atomic E-state index is 4.07. The van der Waals surface area contributed by atoms with Crippen molar-refractivity contribution in [3.8, 4) is 0 Å². The molecule has 0 nitrogen and oxygen atoms in total. The fourth-order valence-electron chi connectivity index (χ4n) is 0.747. The normalized spacial score (nSPS) is 13.3. The zero-order valence-electron chi connectivity index (χ0n) is 7.93. The molecule has 1 heteroatoms. The van der Waals surface area contributed by atoms with E-state index in [1.807, 2.05) is 5.41 Å². The van der Waals surface area contributed by atoms with Gasteiger partial charge in [0.25, 0.3) is 0 Å². The Balaban J connectivity index is 0. The molecule has 0 aliphatic rings. The van der Waals surface area contributed by atoms with Crippen LogP contribution in [0.4, 0.5) is 0 Å². The van der Waals surface area contributed by atoms with Crippen molar-refractivity contribution >= 4 is 12.6 Å². The molecule has 0 amide bonds. The average Bonchev–Trinajstić information content (AvgIpc) is 2.07. The van der Waals surface area contributed by atoms with Gasteiger partial charge in [-0.2, -0.15) is 12.6 Å². The van der Waals surface area contributed by atoms with Crippen LogP contribution < -0.4 is 0 Å². The SMILES string of the molecule is C=C.CCC(C)C/C(C)=C/S. The summed E-state index contributed by atoms with van der Waals surface area (Å²) in [5, 5.41) is 1.90. The molecular weight excluding hydrogens is 152 g/mol. The minimum absolute atomic E-state index is 0.813. The van der Waals surface area contributed by atoms with Gasteiger partial charge in [0.05, 0.1) is 0 Å². The van der Waals surface area contributed by atoms with Crippen LogP contribution in [-0.2, 0) is 0 Å². The zero-order chi connectivity index (χ0) is 9.28. The van der Waals surface area contributed by atoms with E-state index < -0.39 is 0 Å². The predicted molar refractivity (Wildman–Crippen MR) is 58.1 cm³/mol. The van der Waals surface area contributed by atoms with E-state index in [2.05, 4.69) is 46.6 Å². The Kier molecular flexibility index (Phi) is 12.0. The van der Waals surface area contributed by atoms with Crippen LogP contribution in [0.1, 0.15) is 33.6 Å². The lowest BCUT2D eigenvalue weighted by atomic mass is 10.0. The first-order valence-corrected chi connectivity index (χ1v) is 4.52. The van der Waals surface area contributed by atoms with Gasteiger partial charge in [0.2, 0.25) is 0 Å². The number of hydrogen-bond donors (Lipinski definition) is 1. The molecule has 0 N–H and O–H groups in total. The molecule has 0 aromatic carbocycles. The lowest BCUT2D eigenvalue weighted by molar-refractivity contribution is 0.558. The Hall–Kier alpha value is -0.170. The monoisotopic (exact) mass is 172 g/mol. The third-order valence-electron chi connectivity index (χ3n) is 1.59. The van der Waals surface area contributed by atoms with Crippen molar-refractivity contribution < 1.29 is 0 Å². The fourth-order valence-corrected chi connectivity index (χ4v) is 0.852. The summed E-state index contributed by atoms with van der Waals surface area (Å²) in [6, 6.07) is 0. The Labute approximate surface area is 76.8 Å². The highest BCUT2D eigenvalue weighted by Crippen LogP contribution is 2.13. The maximum atomic E-state index is 4.07. The molecule has 0 aromatic heterocycles. The number of rotatable bonds is 3. The minimum atomic E-state index is 0.813. The standard InChI is InChI=1S/C8H16S.C2H4/c1-4-7(2)5-8(3)6-9;1-2/h6-7,9H,4-5H2,1-3H3;1-2H2/b8-6+;. The lowest BCUT2D eigenvalue weighted by Crippen LogP contribution is -1.91. The Morgan fingerprint density at radius 3 is 2.27 bits per heavy atom.